The number of aromatic nitrogens is 2. The van der Waals surface area contributed by atoms with Crippen molar-refractivity contribution in [3.8, 4) is 11.5 Å². The number of aliphatic carboxylic acids is 2. The highest BCUT2D eigenvalue weighted by atomic mass is 35.5. The second kappa shape index (κ2) is 14.8. The maximum absolute atomic E-state index is 13.6. The molecule has 0 aliphatic carbocycles. The van der Waals surface area contributed by atoms with Crippen LogP contribution < -0.4 is 21.8 Å². The molecule has 0 saturated carbocycles. The maximum atomic E-state index is 13.6. The second-order valence-corrected chi connectivity index (χ2v) is 18.3. The number of anilines is 1. The van der Waals surface area contributed by atoms with E-state index in [9.17, 15) is 49.2 Å². The number of fused-ring (bicyclic) bond motifs is 5. The van der Waals surface area contributed by atoms with Crippen molar-refractivity contribution < 1.29 is 53.7 Å². The lowest BCUT2D eigenvalue weighted by molar-refractivity contribution is -0.941. The second-order valence-electron chi connectivity index (χ2n) is 15.5. The zero-order valence-electron chi connectivity index (χ0n) is 31.3. The first-order valence-electron chi connectivity index (χ1n) is 18.1. The number of β-lactam (4-membered cyclic amide) rings is 1. The van der Waals surface area contributed by atoms with E-state index in [1.54, 1.807) is 0 Å². The number of carbonyl (C=O) groups is 5. The molecule has 4 fully saturated rings. The Kier molecular flexibility index (Phi) is 10.4. The third kappa shape index (κ3) is 7.09. The van der Waals surface area contributed by atoms with Crippen molar-refractivity contribution in [3.63, 3.8) is 0 Å². The highest BCUT2D eigenvalue weighted by Crippen LogP contribution is 2.48. The van der Waals surface area contributed by atoms with Crippen LogP contribution in [0, 0.1) is 5.41 Å². The highest BCUT2D eigenvalue weighted by Gasteiger charge is 2.58. The SMILES string of the molecule is C[C@@H]1S[C@@H]2[C@H](NC(=O)/C(=N\OC(C)(C)C(=O)O)c3csc(N)n3)C(=O)N2C(C(=O)O)=C1C[N+]12CCC(CNC(=O)c3c[nH]c4cc(O)c(O)c(Cl)c4c3=O)(CC1)CC2. The number of hydrogen-bond acceptors (Lipinski definition) is 14. The standard InChI is InChI=1S/C36H39ClN8O11S2/c1-15-17(12-45-7-4-36(5-8-45,6-9-45)14-40-28(49)16-11-39-18-10-20(46)27(48)22(37)21(18)26(16)47)25(32(52)53)44-30(51)24(31(44)58-15)42-29(50)23(19-13-57-34(38)41-19)43-56-35(2,3)33(54)55/h10-11,13,15,24,31H,4-9,12,14H2,1-3H3,(H8-,38,39,40,41,42,43,46,47,48,49,50,52,53,54,55)/p+1/t15-,24+,31+,36?,45?/m0/s1. The molecule has 3 aromatic rings. The number of nitrogens with zero attached hydrogens (tertiary/aromatic N) is 4. The van der Waals surface area contributed by atoms with Crippen LogP contribution in [0.2, 0.25) is 5.02 Å². The van der Waals surface area contributed by atoms with E-state index in [1.807, 2.05) is 6.92 Å². The molecule has 308 valence electrons. The Morgan fingerprint density at radius 2 is 1.84 bits per heavy atom. The molecule has 19 nitrogen and oxygen atoms in total. The first-order chi connectivity index (χ1) is 27.3. The van der Waals surface area contributed by atoms with E-state index < -0.39 is 69.3 Å². The monoisotopic (exact) mass is 859 g/mol. The van der Waals surface area contributed by atoms with E-state index in [0.29, 0.717) is 42.8 Å². The quantitative estimate of drug-likeness (QED) is 0.0424. The number of carboxylic acids is 2. The third-order valence-corrected chi connectivity index (χ3v) is 14.1. The number of thioether (sulfide) groups is 1. The van der Waals surface area contributed by atoms with Crippen molar-refractivity contribution in [3.05, 3.63) is 55.4 Å². The summed E-state index contributed by atoms with van der Waals surface area (Å²) in [6.45, 7) is 7.11. The normalized spacial score (nSPS) is 25.6. The molecule has 1 aromatic carbocycles. The van der Waals surface area contributed by atoms with Gasteiger partial charge in [0.25, 0.3) is 17.7 Å². The molecule has 22 heteroatoms. The van der Waals surface area contributed by atoms with E-state index >= 15 is 0 Å². The Hall–Kier alpha value is -5.38. The summed E-state index contributed by atoms with van der Waals surface area (Å²) in [6.07, 6.45) is 3.40. The number of piperidine rings is 3. The molecule has 58 heavy (non-hydrogen) atoms. The van der Waals surface area contributed by atoms with Crippen molar-refractivity contribution in [2.75, 3.05) is 38.5 Å². The maximum Gasteiger partial charge on any atom is 0.352 e. The van der Waals surface area contributed by atoms with Crippen LogP contribution in [0.5, 0.6) is 11.5 Å². The average Bonchev–Trinajstić information content (AvgIpc) is 3.61. The lowest BCUT2D eigenvalue weighted by Crippen LogP contribution is -2.72. The minimum atomic E-state index is -1.80. The molecule has 5 aliphatic heterocycles. The van der Waals surface area contributed by atoms with E-state index in [4.69, 9.17) is 22.2 Å². The van der Waals surface area contributed by atoms with Gasteiger partial charge in [-0.05, 0) is 20.8 Å². The Bertz CT molecular complexity index is 2390. The molecule has 3 amide bonds. The fourth-order valence-electron chi connectivity index (χ4n) is 7.91. The van der Waals surface area contributed by atoms with Crippen LogP contribution in [0.15, 0.2) is 38.9 Å². The van der Waals surface area contributed by atoms with Crippen LogP contribution >= 0.6 is 34.7 Å². The Morgan fingerprint density at radius 1 is 1.17 bits per heavy atom. The number of carboxylic acid groups (broad SMARTS) is 2. The number of hydrogen-bond donors (Lipinski definition) is 8. The molecule has 2 bridgehead atoms. The molecule has 0 unspecified atom stereocenters. The smallest absolute Gasteiger partial charge is 0.352 e. The molecule has 2 aromatic heterocycles. The van der Waals surface area contributed by atoms with Gasteiger partial charge in [-0.2, -0.15) is 0 Å². The lowest BCUT2D eigenvalue weighted by atomic mass is 9.70. The number of quaternary nitrogens is 1. The Balaban J connectivity index is 1.02. The van der Waals surface area contributed by atoms with Crippen LogP contribution in [-0.4, -0.2) is 130 Å². The van der Waals surface area contributed by atoms with E-state index in [-0.39, 0.29) is 48.7 Å². The topological polar surface area (TPSA) is 287 Å². The van der Waals surface area contributed by atoms with Gasteiger partial charge >= 0.3 is 11.9 Å². The summed E-state index contributed by atoms with van der Waals surface area (Å²) in [5.74, 6) is -5.92. The van der Waals surface area contributed by atoms with Gasteiger partial charge < -0.3 is 51.1 Å². The van der Waals surface area contributed by atoms with Gasteiger partial charge in [-0.3, -0.25) is 24.1 Å². The number of phenolic OH excluding ortho intramolecular Hbond substituents is 2. The average molecular weight is 860 g/mol. The molecule has 5 aliphatic rings. The number of nitrogen functional groups attached to an aromatic ring is 1. The number of pyridine rings is 1. The number of aromatic hydroxyl groups is 2. The van der Waals surface area contributed by atoms with Crippen molar-refractivity contribution in [1.29, 1.82) is 0 Å². The molecular weight excluding hydrogens is 820 g/mol. The number of nitrogens with two attached hydrogens (primary N) is 1. The zero-order valence-corrected chi connectivity index (χ0v) is 33.7. The summed E-state index contributed by atoms with van der Waals surface area (Å²) in [5, 5.41) is 49.1. The van der Waals surface area contributed by atoms with Crippen molar-refractivity contribution >= 4 is 86.1 Å². The summed E-state index contributed by atoms with van der Waals surface area (Å²) >= 11 is 8.48. The van der Waals surface area contributed by atoms with E-state index in [2.05, 4.69) is 25.8 Å². The lowest BCUT2D eigenvalue weighted by Gasteiger charge is -2.56. The predicted octanol–water partition coefficient (Wildman–Crippen LogP) is 1.77. The van der Waals surface area contributed by atoms with Crippen LogP contribution in [0.1, 0.15) is 56.1 Å². The van der Waals surface area contributed by atoms with Gasteiger partial charge in [0.05, 0.1) is 35.6 Å². The van der Waals surface area contributed by atoms with Crippen LogP contribution in [0.3, 0.4) is 0 Å². The largest absolute Gasteiger partial charge is 0.504 e. The van der Waals surface area contributed by atoms with Gasteiger partial charge in [0.2, 0.25) is 11.0 Å². The molecule has 8 rings (SSSR count). The molecule has 9 N–H and O–H groups in total. The minimum absolute atomic E-state index is 0.00117. The minimum Gasteiger partial charge on any atom is -0.504 e. The van der Waals surface area contributed by atoms with Crippen LogP contribution in [-0.2, 0) is 24.0 Å². The molecule has 0 radical (unpaired) electrons. The molecule has 7 heterocycles. The number of phenols is 2. The Labute approximate surface area is 342 Å². The third-order valence-electron chi connectivity index (χ3n) is 11.6. The first-order valence-corrected chi connectivity index (χ1v) is 20.3. The predicted molar refractivity (Wildman–Crippen MR) is 211 cm³/mol. The molecular formula is C36H40ClN8O11S2+. The Morgan fingerprint density at radius 3 is 2.45 bits per heavy atom. The molecule has 4 saturated heterocycles. The van der Waals surface area contributed by atoms with Gasteiger partial charge in [-0.1, -0.05) is 16.8 Å². The van der Waals surface area contributed by atoms with Crippen molar-refractivity contribution in [2.24, 2.45) is 10.6 Å². The summed E-state index contributed by atoms with van der Waals surface area (Å²) in [6, 6.07) is 0.0203. The number of H-pyrrole nitrogens is 1. The number of carbonyl (C=O) groups excluding carboxylic acids is 3. The number of oxime groups is 1. The van der Waals surface area contributed by atoms with Gasteiger partial charge in [-0.15, -0.1) is 23.1 Å². The highest BCUT2D eigenvalue weighted by molar-refractivity contribution is 8.00. The summed E-state index contributed by atoms with van der Waals surface area (Å²) in [4.78, 5) is 91.3. The van der Waals surface area contributed by atoms with Gasteiger partial charge in [0, 0.05) is 59.7 Å². The van der Waals surface area contributed by atoms with Crippen LogP contribution in [0.25, 0.3) is 10.9 Å². The number of nitrogens with one attached hydrogen (secondary N) is 3. The zero-order chi connectivity index (χ0) is 42.1. The first kappa shape index (κ1) is 40.8. The van der Waals surface area contributed by atoms with Crippen molar-refractivity contribution in [1.82, 2.24) is 25.5 Å². The summed E-state index contributed by atoms with van der Waals surface area (Å²) < 4.78 is 0.599. The number of halogens is 1. The number of benzene rings is 1. The number of amides is 3. The molecule has 3 atom stereocenters. The van der Waals surface area contributed by atoms with Gasteiger partial charge in [-0.25, -0.2) is 14.6 Å². The van der Waals surface area contributed by atoms with Crippen molar-refractivity contribution in [2.45, 2.75) is 62.3 Å². The van der Waals surface area contributed by atoms with E-state index in [1.165, 1.54) is 42.1 Å². The number of rotatable bonds is 12. The van der Waals surface area contributed by atoms with E-state index in [0.717, 1.165) is 36.7 Å². The summed E-state index contributed by atoms with van der Waals surface area (Å²) in [5.41, 5.74) is 3.05. The fraction of sp³-hybridized carbons (Fsp3) is 0.444. The van der Waals surface area contributed by atoms with Crippen LogP contribution in [0.4, 0.5) is 5.13 Å². The van der Waals surface area contributed by atoms with Gasteiger partial charge in [0.1, 0.15) is 34.9 Å². The fourth-order valence-corrected chi connectivity index (χ4v) is 10.2. The number of thiazole rings is 1. The molecule has 0 spiro atoms. The van der Waals surface area contributed by atoms with Gasteiger partial charge in [0.15, 0.2) is 22.3 Å². The number of aromatic amines is 1. The summed E-state index contributed by atoms with van der Waals surface area (Å²) in [7, 11) is 0.